The standard InChI is InChI=1S/C11H12BrClN2O3/c1-5(11(17)18)6(2)15-10(16)8-3-7(12)4-14-9(8)13/h3-6H,1-2H3,(H,15,16)(H,17,18). The van der Waals surface area contributed by atoms with E-state index in [0.717, 1.165) is 0 Å². The number of nitrogens with one attached hydrogen (secondary N) is 1. The van der Waals surface area contributed by atoms with Crippen LogP contribution in [0.25, 0.3) is 0 Å². The highest BCUT2D eigenvalue weighted by atomic mass is 79.9. The van der Waals surface area contributed by atoms with Gasteiger partial charge in [0.05, 0.1) is 11.5 Å². The van der Waals surface area contributed by atoms with Crippen molar-refractivity contribution in [3.05, 3.63) is 27.5 Å². The van der Waals surface area contributed by atoms with Gasteiger partial charge < -0.3 is 10.4 Å². The molecule has 0 saturated carbocycles. The summed E-state index contributed by atoms with van der Waals surface area (Å²) in [6, 6.07) is 1.02. The Kier molecular flexibility index (Phi) is 5.10. The number of rotatable bonds is 4. The van der Waals surface area contributed by atoms with Crippen LogP contribution in [0, 0.1) is 5.92 Å². The summed E-state index contributed by atoms with van der Waals surface area (Å²) in [6.45, 7) is 3.14. The van der Waals surface area contributed by atoms with Gasteiger partial charge in [0.1, 0.15) is 5.15 Å². The predicted octanol–water partition coefficient (Wildman–Crippen LogP) is 2.34. The Hall–Kier alpha value is -1.14. The van der Waals surface area contributed by atoms with Crippen LogP contribution < -0.4 is 5.32 Å². The Morgan fingerprint density at radius 3 is 2.67 bits per heavy atom. The first-order valence-corrected chi connectivity index (χ1v) is 6.34. The molecule has 98 valence electrons. The van der Waals surface area contributed by atoms with Gasteiger partial charge in [-0.05, 0) is 35.8 Å². The second kappa shape index (κ2) is 6.15. The third-order valence-corrected chi connectivity index (χ3v) is 3.28. The normalized spacial score (nSPS) is 13.8. The van der Waals surface area contributed by atoms with Crippen LogP contribution in [0.5, 0.6) is 0 Å². The molecular formula is C11H12BrClN2O3. The zero-order chi connectivity index (χ0) is 13.9. The van der Waals surface area contributed by atoms with Crippen molar-refractivity contribution in [2.45, 2.75) is 19.9 Å². The molecule has 2 atom stereocenters. The Morgan fingerprint density at radius 1 is 1.50 bits per heavy atom. The molecule has 2 unspecified atom stereocenters. The van der Waals surface area contributed by atoms with Crippen LogP contribution in [-0.2, 0) is 4.79 Å². The zero-order valence-electron chi connectivity index (χ0n) is 9.78. The van der Waals surface area contributed by atoms with E-state index in [9.17, 15) is 9.59 Å². The van der Waals surface area contributed by atoms with Crippen LogP contribution in [0.1, 0.15) is 24.2 Å². The van der Waals surface area contributed by atoms with Crippen molar-refractivity contribution in [1.82, 2.24) is 10.3 Å². The summed E-state index contributed by atoms with van der Waals surface area (Å²) in [5.41, 5.74) is 0.204. The van der Waals surface area contributed by atoms with E-state index >= 15 is 0 Å². The van der Waals surface area contributed by atoms with Crippen LogP contribution in [0.15, 0.2) is 16.7 Å². The Balaban J connectivity index is 2.82. The number of carboxylic acid groups (broad SMARTS) is 1. The van der Waals surface area contributed by atoms with Crippen molar-refractivity contribution in [2.24, 2.45) is 5.92 Å². The Labute approximate surface area is 118 Å². The molecule has 0 aromatic carbocycles. The maximum Gasteiger partial charge on any atom is 0.308 e. The largest absolute Gasteiger partial charge is 0.481 e. The van der Waals surface area contributed by atoms with E-state index in [4.69, 9.17) is 16.7 Å². The van der Waals surface area contributed by atoms with Crippen LogP contribution in [0.4, 0.5) is 0 Å². The van der Waals surface area contributed by atoms with Gasteiger partial charge >= 0.3 is 5.97 Å². The van der Waals surface area contributed by atoms with Crippen molar-refractivity contribution >= 4 is 39.4 Å². The summed E-state index contributed by atoms with van der Waals surface area (Å²) in [4.78, 5) is 26.5. The first kappa shape index (κ1) is 14.9. The van der Waals surface area contributed by atoms with Crippen molar-refractivity contribution in [3.8, 4) is 0 Å². The predicted molar refractivity (Wildman–Crippen MR) is 70.7 cm³/mol. The lowest BCUT2D eigenvalue weighted by Gasteiger charge is -2.18. The number of carboxylic acids is 1. The quantitative estimate of drug-likeness (QED) is 0.828. The lowest BCUT2D eigenvalue weighted by atomic mass is 10.0. The highest BCUT2D eigenvalue weighted by molar-refractivity contribution is 9.10. The van der Waals surface area contributed by atoms with Crippen LogP contribution >= 0.6 is 27.5 Å². The molecule has 1 amide bonds. The molecule has 7 heteroatoms. The van der Waals surface area contributed by atoms with Gasteiger partial charge in [-0.15, -0.1) is 0 Å². The molecule has 0 spiro atoms. The molecule has 0 fully saturated rings. The minimum Gasteiger partial charge on any atom is -0.481 e. The van der Waals surface area contributed by atoms with Gasteiger partial charge in [0.2, 0.25) is 0 Å². The van der Waals surface area contributed by atoms with Gasteiger partial charge in [0.15, 0.2) is 0 Å². The minimum absolute atomic E-state index is 0.0749. The number of aromatic nitrogens is 1. The second-order valence-electron chi connectivity index (χ2n) is 3.88. The molecule has 0 bridgehead atoms. The summed E-state index contributed by atoms with van der Waals surface area (Å²) in [7, 11) is 0. The molecule has 0 aliphatic rings. The first-order valence-electron chi connectivity index (χ1n) is 5.17. The van der Waals surface area contributed by atoms with E-state index in [1.807, 2.05) is 0 Å². The highest BCUT2D eigenvalue weighted by Crippen LogP contribution is 2.18. The molecule has 0 aliphatic heterocycles. The van der Waals surface area contributed by atoms with E-state index in [2.05, 4.69) is 26.2 Å². The van der Waals surface area contributed by atoms with E-state index < -0.39 is 23.8 Å². The van der Waals surface area contributed by atoms with Crippen molar-refractivity contribution < 1.29 is 14.7 Å². The third kappa shape index (κ3) is 3.68. The lowest BCUT2D eigenvalue weighted by molar-refractivity contribution is -0.141. The van der Waals surface area contributed by atoms with Crippen LogP contribution in [0.2, 0.25) is 5.15 Å². The fourth-order valence-corrected chi connectivity index (χ4v) is 1.73. The van der Waals surface area contributed by atoms with Crippen molar-refractivity contribution in [2.75, 3.05) is 0 Å². The monoisotopic (exact) mass is 334 g/mol. The number of halogens is 2. The van der Waals surface area contributed by atoms with Gasteiger partial charge in [-0.3, -0.25) is 9.59 Å². The Morgan fingerprint density at radius 2 is 2.11 bits per heavy atom. The molecule has 0 radical (unpaired) electrons. The maximum atomic E-state index is 11.9. The number of pyridine rings is 1. The van der Waals surface area contributed by atoms with Crippen molar-refractivity contribution in [1.29, 1.82) is 0 Å². The highest BCUT2D eigenvalue weighted by Gasteiger charge is 2.22. The van der Waals surface area contributed by atoms with Gasteiger partial charge in [-0.25, -0.2) is 4.98 Å². The average molecular weight is 336 g/mol. The van der Waals surface area contributed by atoms with Crippen LogP contribution in [0.3, 0.4) is 0 Å². The minimum atomic E-state index is -0.971. The number of carbonyl (C=O) groups excluding carboxylic acids is 1. The number of aliphatic carboxylic acids is 1. The summed E-state index contributed by atoms with van der Waals surface area (Å²) in [5.74, 6) is -2.11. The number of hydrogen-bond acceptors (Lipinski definition) is 3. The molecular weight excluding hydrogens is 323 g/mol. The molecule has 0 saturated heterocycles. The third-order valence-electron chi connectivity index (χ3n) is 2.55. The average Bonchev–Trinajstić information content (AvgIpc) is 2.30. The van der Waals surface area contributed by atoms with Gasteiger partial charge in [-0.1, -0.05) is 11.6 Å². The van der Waals surface area contributed by atoms with Gasteiger partial charge in [0.25, 0.3) is 5.91 Å². The molecule has 1 aromatic rings. The number of amides is 1. The number of hydrogen-bond donors (Lipinski definition) is 2. The smallest absolute Gasteiger partial charge is 0.308 e. The maximum absolute atomic E-state index is 11.9. The summed E-state index contributed by atoms with van der Waals surface area (Å²) >= 11 is 9.00. The molecule has 1 rings (SSSR count). The van der Waals surface area contributed by atoms with Crippen LogP contribution in [-0.4, -0.2) is 28.0 Å². The topological polar surface area (TPSA) is 79.3 Å². The molecule has 1 heterocycles. The fourth-order valence-electron chi connectivity index (χ4n) is 1.21. The van der Waals surface area contributed by atoms with E-state index in [1.54, 1.807) is 6.92 Å². The lowest BCUT2D eigenvalue weighted by Crippen LogP contribution is -2.40. The fraction of sp³-hybridized carbons (Fsp3) is 0.364. The molecule has 18 heavy (non-hydrogen) atoms. The molecule has 0 aliphatic carbocycles. The Bertz CT molecular complexity index is 481. The van der Waals surface area contributed by atoms with E-state index in [1.165, 1.54) is 19.2 Å². The zero-order valence-corrected chi connectivity index (χ0v) is 12.1. The van der Waals surface area contributed by atoms with E-state index in [0.29, 0.717) is 4.47 Å². The number of carbonyl (C=O) groups is 2. The van der Waals surface area contributed by atoms with E-state index in [-0.39, 0.29) is 10.7 Å². The molecule has 5 nitrogen and oxygen atoms in total. The summed E-state index contributed by atoms with van der Waals surface area (Å²) in [5, 5.41) is 11.5. The number of nitrogens with zero attached hydrogens (tertiary/aromatic N) is 1. The van der Waals surface area contributed by atoms with Crippen molar-refractivity contribution in [3.63, 3.8) is 0 Å². The SMILES string of the molecule is CC(NC(=O)c1cc(Br)cnc1Cl)C(C)C(=O)O. The summed E-state index contributed by atoms with van der Waals surface area (Å²) in [6.07, 6.45) is 1.47. The first-order chi connectivity index (χ1) is 8.32. The summed E-state index contributed by atoms with van der Waals surface area (Å²) < 4.78 is 0.621. The molecule has 2 N–H and O–H groups in total. The molecule has 1 aromatic heterocycles. The second-order valence-corrected chi connectivity index (χ2v) is 5.15. The van der Waals surface area contributed by atoms with Gasteiger partial charge in [-0.2, -0.15) is 0 Å². The van der Waals surface area contributed by atoms with Gasteiger partial charge in [0, 0.05) is 16.7 Å².